The lowest BCUT2D eigenvalue weighted by Crippen LogP contribution is -2.39. The van der Waals surface area contributed by atoms with E-state index < -0.39 is 5.91 Å². The molecule has 0 saturated carbocycles. The molecular formula is C18H23N5O2. The van der Waals surface area contributed by atoms with E-state index in [1.807, 2.05) is 19.1 Å². The van der Waals surface area contributed by atoms with Crippen LogP contribution in [0, 0.1) is 6.92 Å². The van der Waals surface area contributed by atoms with Crippen LogP contribution in [0.4, 0.5) is 11.6 Å². The number of nitrogens with zero attached hydrogens (tertiary/aromatic N) is 2. The van der Waals surface area contributed by atoms with Crippen molar-refractivity contribution < 1.29 is 9.53 Å². The van der Waals surface area contributed by atoms with Crippen LogP contribution in [0.3, 0.4) is 0 Å². The fraction of sp³-hybridized carbons (Fsp3) is 0.389. The third-order valence-corrected chi connectivity index (χ3v) is 4.51. The number of hydrogen-bond donors (Lipinski definition) is 3. The minimum Gasteiger partial charge on any atom is -0.380 e. The van der Waals surface area contributed by atoms with Crippen LogP contribution >= 0.6 is 0 Å². The number of carbonyl (C=O) groups excluding carboxylic acids is 1. The van der Waals surface area contributed by atoms with Crippen LogP contribution in [0.25, 0.3) is 0 Å². The fourth-order valence-corrected chi connectivity index (χ4v) is 3.00. The zero-order chi connectivity index (χ0) is 17.8. The Morgan fingerprint density at radius 1 is 1.36 bits per heavy atom. The molecule has 1 amide bonds. The number of carbonyl (C=O) groups is 1. The molecule has 7 nitrogen and oxygen atoms in total. The van der Waals surface area contributed by atoms with E-state index in [4.69, 9.17) is 10.5 Å². The van der Waals surface area contributed by atoms with Crippen LogP contribution in [0.5, 0.6) is 0 Å². The molecule has 0 bridgehead atoms. The van der Waals surface area contributed by atoms with E-state index in [9.17, 15) is 4.79 Å². The fourth-order valence-electron chi connectivity index (χ4n) is 3.00. The number of aryl methyl sites for hydroxylation is 1. The summed E-state index contributed by atoms with van der Waals surface area (Å²) in [5.74, 6) is 0.318. The molecule has 1 fully saturated rings. The van der Waals surface area contributed by atoms with Crippen molar-refractivity contribution in [2.45, 2.75) is 25.4 Å². The van der Waals surface area contributed by atoms with Crippen molar-refractivity contribution in [3.63, 3.8) is 0 Å². The molecule has 2 aromatic rings. The van der Waals surface area contributed by atoms with Gasteiger partial charge >= 0.3 is 0 Å². The average molecular weight is 341 g/mol. The van der Waals surface area contributed by atoms with Gasteiger partial charge in [0, 0.05) is 43.6 Å². The van der Waals surface area contributed by atoms with Gasteiger partial charge in [0.25, 0.3) is 0 Å². The first-order valence-corrected chi connectivity index (χ1v) is 8.30. The smallest absolute Gasteiger partial charge is 0.248 e. The number of nitrogens with two attached hydrogens (primary N) is 1. The topological polar surface area (TPSA) is 102 Å². The molecule has 2 heterocycles. The van der Waals surface area contributed by atoms with Crippen molar-refractivity contribution in [3.8, 4) is 0 Å². The summed E-state index contributed by atoms with van der Waals surface area (Å²) in [6, 6.07) is 7.21. The third kappa shape index (κ3) is 4.12. The molecule has 0 aliphatic carbocycles. The molecule has 4 N–H and O–H groups in total. The summed E-state index contributed by atoms with van der Waals surface area (Å²) in [7, 11) is 1.73. The highest BCUT2D eigenvalue weighted by Crippen LogP contribution is 2.25. The predicted molar refractivity (Wildman–Crippen MR) is 96.0 cm³/mol. The highest BCUT2D eigenvalue weighted by molar-refractivity contribution is 5.94. The SMILES string of the molecule is COC1CNCC(c2ccnc(Nc3cc(C(N)=O)ccc3C)n2)C1. The number of aromatic nitrogens is 2. The predicted octanol–water partition coefficient (Wildman–Crippen LogP) is 1.72. The molecule has 0 spiro atoms. The van der Waals surface area contributed by atoms with E-state index in [1.165, 1.54) is 0 Å². The van der Waals surface area contributed by atoms with E-state index in [2.05, 4.69) is 20.6 Å². The van der Waals surface area contributed by atoms with Gasteiger partial charge in [-0.15, -0.1) is 0 Å². The number of primary amides is 1. The molecular weight excluding hydrogens is 318 g/mol. The molecule has 2 unspecified atom stereocenters. The Kier molecular flexibility index (Phi) is 5.25. The molecule has 1 aromatic carbocycles. The standard InChI is InChI=1S/C18H23N5O2/c1-11-3-4-12(17(19)24)8-16(11)23-18-21-6-5-15(22-18)13-7-14(25-2)10-20-9-13/h3-6,8,13-14,20H,7,9-10H2,1-2H3,(H2,19,24)(H,21,22,23). The van der Waals surface area contributed by atoms with E-state index >= 15 is 0 Å². The normalized spacial score (nSPS) is 20.2. The minimum absolute atomic E-state index is 0.194. The van der Waals surface area contributed by atoms with Crippen molar-refractivity contribution in [1.29, 1.82) is 0 Å². The number of ether oxygens (including phenoxy) is 1. The Labute approximate surface area is 147 Å². The number of rotatable bonds is 5. The Bertz CT molecular complexity index is 765. The monoisotopic (exact) mass is 341 g/mol. The van der Waals surface area contributed by atoms with Crippen molar-refractivity contribution in [2.75, 3.05) is 25.5 Å². The summed E-state index contributed by atoms with van der Waals surface area (Å²) in [5.41, 5.74) is 8.53. The number of amides is 1. The summed E-state index contributed by atoms with van der Waals surface area (Å²) in [5, 5.41) is 6.57. The Morgan fingerprint density at radius 2 is 2.20 bits per heavy atom. The van der Waals surface area contributed by atoms with Gasteiger partial charge in [0.1, 0.15) is 0 Å². The zero-order valence-electron chi connectivity index (χ0n) is 14.5. The van der Waals surface area contributed by atoms with Gasteiger partial charge in [-0.3, -0.25) is 4.79 Å². The van der Waals surface area contributed by atoms with Crippen molar-refractivity contribution >= 4 is 17.5 Å². The molecule has 3 rings (SSSR count). The van der Waals surface area contributed by atoms with E-state index in [1.54, 1.807) is 25.4 Å². The van der Waals surface area contributed by atoms with Gasteiger partial charge in [-0.2, -0.15) is 0 Å². The first-order chi connectivity index (χ1) is 12.1. The van der Waals surface area contributed by atoms with Gasteiger partial charge in [-0.1, -0.05) is 6.07 Å². The lowest BCUT2D eigenvalue weighted by Gasteiger charge is -2.28. The quantitative estimate of drug-likeness (QED) is 0.765. The minimum atomic E-state index is -0.461. The second-order valence-electron chi connectivity index (χ2n) is 6.27. The maximum Gasteiger partial charge on any atom is 0.248 e. The number of anilines is 2. The zero-order valence-corrected chi connectivity index (χ0v) is 14.5. The van der Waals surface area contributed by atoms with Gasteiger partial charge in [0.15, 0.2) is 0 Å². The Hall–Kier alpha value is -2.51. The van der Waals surface area contributed by atoms with E-state index in [0.29, 0.717) is 11.5 Å². The molecule has 7 heteroatoms. The number of piperidine rings is 1. The first-order valence-electron chi connectivity index (χ1n) is 8.30. The number of benzene rings is 1. The molecule has 1 aliphatic heterocycles. The molecule has 1 aliphatic rings. The maximum absolute atomic E-state index is 11.4. The average Bonchev–Trinajstić information content (AvgIpc) is 2.63. The van der Waals surface area contributed by atoms with E-state index in [-0.39, 0.29) is 12.0 Å². The van der Waals surface area contributed by atoms with Crippen LogP contribution in [0.15, 0.2) is 30.5 Å². The lowest BCUT2D eigenvalue weighted by molar-refractivity contribution is 0.0733. The first kappa shape index (κ1) is 17.3. The van der Waals surface area contributed by atoms with E-state index in [0.717, 1.165) is 36.5 Å². The van der Waals surface area contributed by atoms with Crippen LogP contribution in [-0.2, 0) is 4.74 Å². The maximum atomic E-state index is 11.4. The molecule has 2 atom stereocenters. The summed E-state index contributed by atoms with van der Waals surface area (Å²) in [6.45, 7) is 3.68. The second-order valence-corrected chi connectivity index (χ2v) is 6.27. The van der Waals surface area contributed by atoms with Crippen molar-refractivity contribution in [1.82, 2.24) is 15.3 Å². The molecule has 1 aromatic heterocycles. The number of nitrogens with one attached hydrogen (secondary N) is 2. The second kappa shape index (κ2) is 7.58. The third-order valence-electron chi connectivity index (χ3n) is 4.51. The Balaban J connectivity index is 1.80. The van der Waals surface area contributed by atoms with Crippen LogP contribution in [-0.4, -0.2) is 42.2 Å². The number of methoxy groups -OCH3 is 1. The van der Waals surface area contributed by atoms with Gasteiger partial charge < -0.3 is 21.1 Å². The van der Waals surface area contributed by atoms with Gasteiger partial charge in [0.05, 0.1) is 11.8 Å². The van der Waals surface area contributed by atoms with Gasteiger partial charge in [-0.05, 0) is 37.1 Å². The van der Waals surface area contributed by atoms with Crippen molar-refractivity contribution in [3.05, 3.63) is 47.3 Å². The summed E-state index contributed by atoms with van der Waals surface area (Å²) >= 11 is 0. The van der Waals surface area contributed by atoms with Crippen molar-refractivity contribution in [2.24, 2.45) is 5.73 Å². The van der Waals surface area contributed by atoms with Crippen LogP contribution < -0.4 is 16.4 Å². The largest absolute Gasteiger partial charge is 0.380 e. The highest BCUT2D eigenvalue weighted by atomic mass is 16.5. The summed E-state index contributed by atoms with van der Waals surface area (Å²) in [4.78, 5) is 20.3. The summed E-state index contributed by atoms with van der Waals surface area (Å²) < 4.78 is 5.45. The van der Waals surface area contributed by atoms with Gasteiger partial charge in [-0.25, -0.2) is 9.97 Å². The summed E-state index contributed by atoms with van der Waals surface area (Å²) in [6.07, 6.45) is 2.87. The molecule has 132 valence electrons. The highest BCUT2D eigenvalue weighted by Gasteiger charge is 2.24. The molecule has 1 saturated heterocycles. The Morgan fingerprint density at radius 3 is 2.96 bits per heavy atom. The lowest BCUT2D eigenvalue weighted by atomic mass is 9.94. The molecule has 0 radical (unpaired) electrons. The van der Waals surface area contributed by atoms with Gasteiger partial charge in [0.2, 0.25) is 11.9 Å². The van der Waals surface area contributed by atoms with Crippen LogP contribution in [0.1, 0.15) is 34.0 Å². The molecule has 25 heavy (non-hydrogen) atoms. The van der Waals surface area contributed by atoms with Crippen LogP contribution in [0.2, 0.25) is 0 Å². The number of hydrogen-bond acceptors (Lipinski definition) is 6.